The average Bonchev–Trinajstić information content (AvgIpc) is 2.35. The zero-order valence-electron chi connectivity index (χ0n) is 10.4. The van der Waals surface area contributed by atoms with Crippen LogP contribution in [0.2, 0.25) is 0 Å². The Hall–Kier alpha value is -0.893. The Morgan fingerprint density at radius 3 is 2.06 bits per heavy atom. The third kappa shape index (κ3) is 3.55. The van der Waals surface area contributed by atoms with E-state index in [0.717, 1.165) is 12.1 Å². The molecule has 18 heavy (non-hydrogen) atoms. The highest BCUT2D eigenvalue weighted by molar-refractivity contribution is 6.60. The zero-order valence-corrected chi connectivity index (χ0v) is 11.4. The van der Waals surface area contributed by atoms with Gasteiger partial charge in [-0.3, -0.25) is 0 Å². The molecule has 0 heterocycles. The molecule has 0 saturated heterocycles. The van der Waals surface area contributed by atoms with Gasteiger partial charge in [0.15, 0.2) is 0 Å². The lowest BCUT2D eigenvalue weighted by Crippen LogP contribution is -2.45. The monoisotopic (exact) mass is 280 g/mol. The quantitative estimate of drug-likeness (QED) is 0.776. The molecule has 1 aromatic carbocycles. The minimum Gasteiger partial charge on any atom is -0.377 e. The Kier molecular flexibility index (Phi) is 4.91. The van der Waals surface area contributed by atoms with Gasteiger partial charge in [-0.2, -0.15) is 13.2 Å². The number of rotatable bonds is 5. The summed E-state index contributed by atoms with van der Waals surface area (Å²) in [7, 11) is 1.36. The topological polar surface area (TPSA) is 27.7 Å². The fourth-order valence-corrected chi connectivity index (χ4v) is 3.23. The first kappa shape index (κ1) is 15.2. The van der Waals surface area contributed by atoms with E-state index in [-0.39, 0.29) is 6.04 Å². The minimum atomic E-state index is -4.35. The largest absolute Gasteiger partial charge is 0.504 e. The highest BCUT2D eigenvalue weighted by Crippen LogP contribution is 2.30. The highest BCUT2D eigenvalue weighted by Gasteiger charge is 2.39. The lowest BCUT2D eigenvalue weighted by molar-refractivity contribution is -0.137. The van der Waals surface area contributed by atoms with E-state index in [9.17, 15) is 13.2 Å². The van der Waals surface area contributed by atoms with Crippen LogP contribution in [0, 0.1) is 0 Å². The van der Waals surface area contributed by atoms with Gasteiger partial charge in [-0.1, -0.05) is 18.2 Å². The molecule has 0 saturated carbocycles. The van der Waals surface area contributed by atoms with Crippen molar-refractivity contribution in [1.82, 2.24) is 0 Å². The maximum Gasteiger partial charge on any atom is 0.504 e. The molecule has 0 aromatic heterocycles. The smallest absolute Gasteiger partial charge is 0.377 e. The number of halogens is 3. The molecule has 0 aliphatic carbocycles. The van der Waals surface area contributed by atoms with Gasteiger partial charge < -0.3 is 13.3 Å². The van der Waals surface area contributed by atoms with Gasteiger partial charge in [0, 0.05) is 27.4 Å². The zero-order chi connectivity index (χ0) is 13.8. The molecular formula is C11H15F3O3Si. The summed E-state index contributed by atoms with van der Waals surface area (Å²) in [5, 5.41) is 0. The molecule has 0 spiro atoms. The van der Waals surface area contributed by atoms with E-state index in [2.05, 4.69) is 0 Å². The van der Waals surface area contributed by atoms with Crippen LogP contribution in [0.4, 0.5) is 13.2 Å². The summed E-state index contributed by atoms with van der Waals surface area (Å²) in [5.41, 5.74) is -0.215. The number of hydrogen-bond acceptors (Lipinski definition) is 3. The van der Waals surface area contributed by atoms with Crippen molar-refractivity contribution in [3.63, 3.8) is 0 Å². The van der Waals surface area contributed by atoms with E-state index in [1.54, 1.807) is 6.07 Å². The Labute approximate surface area is 105 Å². The fraction of sp³-hybridized carbons (Fsp3) is 0.455. The number of benzene rings is 1. The van der Waals surface area contributed by atoms with Crippen molar-refractivity contribution < 1.29 is 26.4 Å². The molecule has 0 amide bonds. The van der Waals surface area contributed by atoms with E-state index in [1.807, 2.05) is 0 Å². The first-order chi connectivity index (χ1) is 8.37. The van der Waals surface area contributed by atoms with Crippen LogP contribution in [0.25, 0.3) is 0 Å². The van der Waals surface area contributed by atoms with Crippen LogP contribution in [0.1, 0.15) is 11.1 Å². The van der Waals surface area contributed by atoms with Crippen LogP contribution >= 0.6 is 0 Å². The van der Waals surface area contributed by atoms with E-state index >= 15 is 0 Å². The lowest BCUT2D eigenvalue weighted by atomic mass is 10.1. The standard InChI is InChI=1S/C11H15F3O3Si/c1-15-18(16-2,17-3)8-9-5-4-6-10(7-9)11(12,13)14/h4-7H,8H2,1-3H3. The normalized spacial score (nSPS) is 12.8. The van der Waals surface area contributed by atoms with Crippen LogP contribution in [0.3, 0.4) is 0 Å². The van der Waals surface area contributed by atoms with Crippen molar-refractivity contribution in [2.75, 3.05) is 21.3 Å². The van der Waals surface area contributed by atoms with Gasteiger partial charge in [-0.25, -0.2) is 0 Å². The summed E-state index contributed by atoms with van der Waals surface area (Å²) in [6.07, 6.45) is -4.35. The number of alkyl halides is 3. The summed E-state index contributed by atoms with van der Waals surface area (Å²) in [5.74, 6) is 0. The summed E-state index contributed by atoms with van der Waals surface area (Å²) in [6.45, 7) is 0. The molecule has 3 nitrogen and oxygen atoms in total. The molecule has 1 rings (SSSR count). The molecule has 0 N–H and O–H groups in total. The van der Waals surface area contributed by atoms with Crippen molar-refractivity contribution in [1.29, 1.82) is 0 Å². The van der Waals surface area contributed by atoms with Gasteiger partial charge in [-0.15, -0.1) is 0 Å². The van der Waals surface area contributed by atoms with Crippen molar-refractivity contribution in [2.24, 2.45) is 0 Å². The van der Waals surface area contributed by atoms with Gasteiger partial charge in [0.25, 0.3) is 0 Å². The van der Waals surface area contributed by atoms with Crippen molar-refractivity contribution >= 4 is 8.80 Å². The number of hydrogen-bond donors (Lipinski definition) is 0. The minimum absolute atomic E-state index is 0.195. The molecule has 0 fully saturated rings. The van der Waals surface area contributed by atoms with Crippen molar-refractivity contribution in [2.45, 2.75) is 12.2 Å². The Balaban J connectivity index is 2.98. The van der Waals surface area contributed by atoms with E-state index in [4.69, 9.17) is 13.3 Å². The maximum atomic E-state index is 12.6. The van der Waals surface area contributed by atoms with E-state index < -0.39 is 20.5 Å². The lowest BCUT2D eigenvalue weighted by Gasteiger charge is -2.24. The highest BCUT2D eigenvalue weighted by atomic mass is 28.4. The Morgan fingerprint density at radius 1 is 1.06 bits per heavy atom. The predicted molar refractivity (Wildman–Crippen MR) is 61.9 cm³/mol. The van der Waals surface area contributed by atoms with Gasteiger partial charge in [0.05, 0.1) is 5.56 Å². The summed E-state index contributed by atoms with van der Waals surface area (Å²) < 4.78 is 53.2. The van der Waals surface area contributed by atoms with Crippen LogP contribution in [-0.2, 0) is 25.5 Å². The molecule has 7 heteroatoms. The summed E-state index contributed by atoms with van der Waals surface area (Å²) in [6, 6.07) is 5.25. The summed E-state index contributed by atoms with van der Waals surface area (Å²) >= 11 is 0. The van der Waals surface area contributed by atoms with E-state index in [1.165, 1.54) is 27.4 Å². The van der Waals surface area contributed by atoms with Gasteiger partial charge in [0.2, 0.25) is 0 Å². The maximum absolute atomic E-state index is 12.6. The summed E-state index contributed by atoms with van der Waals surface area (Å²) in [4.78, 5) is 0. The molecule has 0 aliphatic rings. The Morgan fingerprint density at radius 2 is 1.61 bits per heavy atom. The molecule has 0 aliphatic heterocycles. The molecule has 0 bridgehead atoms. The van der Waals surface area contributed by atoms with Crippen molar-refractivity contribution in [3.05, 3.63) is 35.4 Å². The SMILES string of the molecule is CO[Si](Cc1cccc(C(F)(F)F)c1)(OC)OC. The van der Waals surface area contributed by atoms with Gasteiger partial charge >= 0.3 is 15.0 Å². The second kappa shape index (κ2) is 5.83. The second-order valence-corrected chi connectivity index (χ2v) is 6.61. The molecule has 0 radical (unpaired) electrons. The Bertz CT molecular complexity index is 383. The molecular weight excluding hydrogens is 265 g/mol. The van der Waals surface area contributed by atoms with Gasteiger partial charge in [-0.05, 0) is 11.6 Å². The molecule has 0 unspecified atom stereocenters. The van der Waals surface area contributed by atoms with Crippen LogP contribution in [0.15, 0.2) is 24.3 Å². The second-order valence-electron chi connectivity index (χ2n) is 3.67. The first-order valence-corrected chi connectivity index (χ1v) is 7.11. The first-order valence-electron chi connectivity index (χ1n) is 5.18. The van der Waals surface area contributed by atoms with Crippen molar-refractivity contribution in [3.8, 4) is 0 Å². The van der Waals surface area contributed by atoms with E-state index in [0.29, 0.717) is 5.56 Å². The van der Waals surface area contributed by atoms with Crippen LogP contribution in [-0.4, -0.2) is 30.1 Å². The molecule has 1 aromatic rings. The molecule has 0 atom stereocenters. The van der Waals surface area contributed by atoms with Crippen LogP contribution in [0.5, 0.6) is 0 Å². The third-order valence-electron chi connectivity index (χ3n) is 2.61. The molecule has 102 valence electrons. The third-order valence-corrected chi connectivity index (χ3v) is 5.32. The average molecular weight is 280 g/mol. The fourth-order valence-electron chi connectivity index (χ4n) is 1.57. The van der Waals surface area contributed by atoms with Crippen LogP contribution < -0.4 is 0 Å². The predicted octanol–water partition coefficient (Wildman–Crippen LogP) is 2.67. The van der Waals surface area contributed by atoms with Gasteiger partial charge in [0.1, 0.15) is 0 Å².